The molecule has 3 aliphatic rings. The van der Waals surface area contributed by atoms with E-state index in [-0.39, 0.29) is 12.0 Å². The minimum Gasteiger partial charge on any atom is -0.462 e. The number of benzene rings is 4. The fourth-order valence-corrected chi connectivity index (χ4v) is 8.34. The summed E-state index contributed by atoms with van der Waals surface area (Å²) in [7, 11) is 0. The number of rotatable bonds is 8. The fraction of sp³-hybridized carbons (Fsp3) is 0.265. The number of aliphatic hydroxyl groups is 1. The molecule has 5 nitrogen and oxygen atoms in total. The first kappa shape index (κ1) is 25.4. The molecule has 4 aromatic rings. The Hall–Kier alpha value is -3.58. The molecule has 2 heterocycles. The van der Waals surface area contributed by atoms with Crippen molar-refractivity contribution in [2.45, 2.75) is 48.1 Å². The van der Waals surface area contributed by atoms with Gasteiger partial charge in [0, 0.05) is 34.8 Å². The summed E-state index contributed by atoms with van der Waals surface area (Å²) in [4.78, 5) is 16.0. The number of thioether (sulfide) groups is 1. The van der Waals surface area contributed by atoms with Gasteiger partial charge in [-0.15, -0.1) is 0 Å². The number of quaternary nitrogens is 1. The Bertz CT molecular complexity index is 1580. The van der Waals surface area contributed by atoms with Crippen LogP contribution in [0.5, 0.6) is 0 Å². The monoisotopic (exact) mass is 549 g/mol. The lowest BCUT2D eigenvalue weighted by molar-refractivity contribution is -0.835. The maximum absolute atomic E-state index is 10.8. The van der Waals surface area contributed by atoms with E-state index in [0.29, 0.717) is 25.0 Å². The summed E-state index contributed by atoms with van der Waals surface area (Å²) < 4.78 is 5.11. The van der Waals surface area contributed by atoms with E-state index in [4.69, 9.17) is 4.74 Å². The smallest absolute Gasteiger partial charge is 0.293 e. The highest BCUT2D eigenvalue weighted by atomic mass is 32.2. The first-order valence-electron chi connectivity index (χ1n) is 14.2. The first-order valence-corrected chi connectivity index (χ1v) is 15.0. The lowest BCUT2D eigenvalue weighted by Crippen LogP contribution is -3.09. The van der Waals surface area contributed by atoms with Gasteiger partial charge in [0.2, 0.25) is 0 Å². The third kappa shape index (κ3) is 4.40. The van der Waals surface area contributed by atoms with Crippen molar-refractivity contribution in [1.29, 1.82) is 0 Å². The molecule has 2 aliphatic heterocycles. The molecule has 0 spiro atoms. The van der Waals surface area contributed by atoms with Gasteiger partial charge in [-0.25, -0.2) is 0 Å². The number of hydrogen-bond donors (Lipinski definition) is 2. The molecular formula is C34H33N2O3S+. The zero-order chi connectivity index (χ0) is 27.1. The number of nitrogens with one attached hydrogen (secondary N) is 1. The lowest BCUT2D eigenvalue weighted by atomic mass is 9.96. The van der Waals surface area contributed by atoms with Crippen LogP contribution in [0.15, 0.2) is 89.8 Å². The van der Waals surface area contributed by atoms with Gasteiger partial charge in [0.25, 0.3) is 6.47 Å². The number of hydrogen-bond acceptors (Lipinski definition) is 5. The molecule has 0 bridgehead atoms. The first-order chi connectivity index (χ1) is 19.7. The largest absolute Gasteiger partial charge is 0.462 e. The van der Waals surface area contributed by atoms with Crippen LogP contribution in [0.25, 0.3) is 16.8 Å². The van der Waals surface area contributed by atoms with Crippen molar-refractivity contribution in [2.24, 2.45) is 0 Å². The molecule has 4 aromatic carbocycles. The zero-order valence-electron chi connectivity index (χ0n) is 22.3. The van der Waals surface area contributed by atoms with E-state index >= 15 is 0 Å². The Morgan fingerprint density at radius 3 is 2.75 bits per heavy atom. The van der Waals surface area contributed by atoms with Crippen LogP contribution in [-0.4, -0.2) is 36.1 Å². The zero-order valence-corrected chi connectivity index (χ0v) is 23.1. The van der Waals surface area contributed by atoms with Gasteiger partial charge < -0.3 is 14.7 Å². The van der Waals surface area contributed by atoms with Gasteiger partial charge >= 0.3 is 0 Å². The third-order valence-corrected chi connectivity index (χ3v) is 10.1. The second-order valence-corrected chi connectivity index (χ2v) is 12.1. The number of fused-ring (bicyclic) bond motifs is 6. The van der Waals surface area contributed by atoms with E-state index < -0.39 is 0 Å². The predicted molar refractivity (Wildman–Crippen MR) is 161 cm³/mol. The summed E-state index contributed by atoms with van der Waals surface area (Å²) in [6, 6.07) is 28.8. The Kier molecular flexibility index (Phi) is 6.84. The average molecular weight is 550 g/mol. The van der Waals surface area contributed by atoms with Crippen molar-refractivity contribution in [1.82, 2.24) is 0 Å². The summed E-state index contributed by atoms with van der Waals surface area (Å²) in [5, 5.41) is 12.2. The number of aliphatic hydroxyl groups excluding tert-OH is 1. The molecule has 1 aliphatic carbocycles. The van der Waals surface area contributed by atoms with Crippen molar-refractivity contribution in [2.75, 3.05) is 18.1 Å². The normalized spacial score (nSPS) is 23.0. The van der Waals surface area contributed by atoms with Gasteiger partial charge in [-0.3, -0.25) is 9.69 Å². The van der Waals surface area contributed by atoms with Gasteiger partial charge in [0.1, 0.15) is 18.8 Å². The van der Waals surface area contributed by atoms with Crippen molar-refractivity contribution in [3.05, 3.63) is 102 Å². The van der Waals surface area contributed by atoms with Gasteiger partial charge in [-0.1, -0.05) is 66.7 Å². The molecule has 1 saturated carbocycles. The van der Waals surface area contributed by atoms with E-state index in [9.17, 15) is 9.90 Å². The second-order valence-electron chi connectivity index (χ2n) is 10.9. The van der Waals surface area contributed by atoms with Gasteiger partial charge in [-0.05, 0) is 71.3 Å². The molecule has 0 radical (unpaired) electrons. The minimum atomic E-state index is 0.0719. The Morgan fingerprint density at radius 1 is 1.02 bits per heavy atom. The van der Waals surface area contributed by atoms with Crippen LogP contribution in [0.4, 0.5) is 17.1 Å². The average Bonchev–Trinajstić information content (AvgIpc) is 3.69. The van der Waals surface area contributed by atoms with Crippen LogP contribution in [0.3, 0.4) is 0 Å². The van der Waals surface area contributed by atoms with Crippen molar-refractivity contribution in [3.63, 3.8) is 0 Å². The van der Waals surface area contributed by atoms with Crippen LogP contribution in [0.1, 0.15) is 41.9 Å². The summed E-state index contributed by atoms with van der Waals surface area (Å²) in [6.07, 6.45) is 8.29. The van der Waals surface area contributed by atoms with Crippen molar-refractivity contribution < 1.29 is 19.5 Å². The molecule has 4 unspecified atom stereocenters. The number of anilines is 2. The quantitative estimate of drug-likeness (QED) is 0.210. The van der Waals surface area contributed by atoms with Crippen LogP contribution >= 0.6 is 11.8 Å². The maximum Gasteiger partial charge on any atom is 0.293 e. The number of carbonyl (C=O) groups excluding carboxylic acids is 1. The molecule has 4 atom stereocenters. The summed E-state index contributed by atoms with van der Waals surface area (Å²) in [5.41, 5.74) is 7.43. The number of carbonyl (C=O) groups is 1. The Balaban J connectivity index is 1.18. The third-order valence-electron chi connectivity index (χ3n) is 8.75. The molecule has 0 saturated heterocycles. The molecule has 7 rings (SSSR count). The predicted octanol–water partition coefficient (Wildman–Crippen LogP) is 5.95. The molecular weight excluding hydrogens is 516 g/mol. The second kappa shape index (κ2) is 10.8. The van der Waals surface area contributed by atoms with Crippen molar-refractivity contribution in [3.8, 4) is 0 Å². The van der Waals surface area contributed by atoms with Crippen LogP contribution < -0.4 is 9.80 Å². The molecule has 40 heavy (non-hydrogen) atoms. The van der Waals surface area contributed by atoms with E-state index in [1.54, 1.807) is 0 Å². The van der Waals surface area contributed by atoms with Crippen LogP contribution in [0.2, 0.25) is 0 Å². The molecule has 0 aromatic heterocycles. The molecule has 0 amide bonds. The highest BCUT2D eigenvalue weighted by molar-refractivity contribution is 8.00. The van der Waals surface area contributed by atoms with E-state index in [0.717, 1.165) is 12.1 Å². The molecule has 202 valence electrons. The topological polar surface area (TPSA) is 54.2 Å². The van der Waals surface area contributed by atoms with Crippen molar-refractivity contribution >= 4 is 52.1 Å². The molecule has 2 N–H and O–H groups in total. The number of ether oxygens (including phenoxy) is 1. The Labute approximate surface area is 239 Å². The van der Waals surface area contributed by atoms with Gasteiger partial charge in [-0.2, -0.15) is 0 Å². The van der Waals surface area contributed by atoms with E-state index in [1.807, 2.05) is 23.9 Å². The summed E-state index contributed by atoms with van der Waals surface area (Å²) in [6.45, 7) is 1.74. The Morgan fingerprint density at radius 2 is 1.90 bits per heavy atom. The van der Waals surface area contributed by atoms with E-state index in [1.165, 1.54) is 68.0 Å². The SMILES string of the molecule is O=COCC[NH+]1c2ccc3ccccc3c2SC1/C=C/c1ccc2c(c1)C1CCCC1N2c1ccc(CO)cc1. The lowest BCUT2D eigenvalue weighted by Gasteiger charge is -2.27. The van der Waals surface area contributed by atoms with Gasteiger partial charge in [0.05, 0.1) is 11.5 Å². The fourth-order valence-electron chi connectivity index (χ4n) is 6.90. The molecule has 1 fully saturated rings. The maximum atomic E-state index is 10.8. The summed E-state index contributed by atoms with van der Waals surface area (Å²) in [5.74, 6) is 0.556. The highest BCUT2D eigenvalue weighted by Crippen LogP contribution is 2.52. The molecule has 6 heteroatoms. The highest BCUT2D eigenvalue weighted by Gasteiger charge is 2.42. The van der Waals surface area contributed by atoms with E-state index in [2.05, 4.69) is 83.8 Å². The van der Waals surface area contributed by atoms with Crippen LogP contribution in [-0.2, 0) is 16.1 Å². The standard InChI is InChI=1S/C34H32N2O3S/c37-21-24-8-13-26(14-9-24)36-30-7-3-6-28(30)29-20-23(10-15-31(29)36)11-17-33-35(18-19-39-22-38)32-16-12-25-4-1-2-5-27(25)34(32)40-33/h1-2,4-5,8-17,20,22,28,30,33,37H,3,6-7,18-19,21H2/p+1/b17-11+. The van der Waals surface area contributed by atoms with Crippen LogP contribution in [0, 0.1) is 0 Å². The minimum absolute atomic E-state index is 0.0719. The summed E-state index contributed by atoms with van der Waals surface area (Å²) >= 11 is 1.90. The number of nitrogens with zero attached hydrogens (tertiary/aromatic N) is 1. The van der Waals surface area contributed by atoms with Gasteiger partial charge in [0.15, 0.2) is 5.37 Å².